The number of methoxy groups -OCH3 is 1. The second-order valence-corrected chi connectivity index (χ2v) is 13.1. The van der Waals surface area contributed by atoms with Gasteiger partial charge in [-0.3, -0.25) is 9.59 Å². The van der Waals surface area contributed by atoms with E-state index >= 15 is 0 Å². The molecule has 0 aliphatic heterocycles. The fraction of sp³-hybridized carbons (Fsp3) is 0.379. The zero-order valence-corrected chi connectivity index (χ0v) is 24.7. The SMILES string of the molecule is CCCC[S+]([O-])N[C@@H](C)c1cc(=O)n(C)cc1-c1cc(CS(=O)(=O)CC)ccc1C(=O)c1ccc(OC)cc1. The molecule has 1 unspecified atom stereocenters. The Morgan fingerprint density at radius 3 is 2.41 bits per heavy atom. The normalized spacial score (nSPS) is 13.2. The van der Waals surface area contributed by atoms with E-state index in [-0.39, 0.29) is 22.8 Å². The largest absolute Gasteiger partial charge is 0.598 e. The van der Waals surface area contributed by atoms with Gasteiger partial charge in [0.05, 0.1) is 18.9 Å². The smallest absolute Gasteiger partial charge is 0.250 e. The Morgan fingerprint density at radius 2 is 1.79 bits per heavy atom. The summed E-state index contributed by atoms with van der Waals surface area (Å²) in [5, 5.41) is 0. The minimum Gasteiger partial charge on any atom is -0.598 e. The van der Waals surface area contributed by atoms with Crippen LogP contribution in [0.5, 0.6) is 5.75 Å². The van der Waals surface area contributed by atoms with Crippen molar-refractivity contribution in [2.75, 3.05) is 18.6 Å². The average molecular weight is 573 g/mol. The molecular formula is C29H36N2O6S2. The summed E-state index contributed by atoms with van der Waals surface area (Å²) < 4.78 is 47.2. The van der Waals surface area contributed by atoms with Crippen LogP contribution in [0.2, 0.25) is 0 Å². The lowest BCUT2D eigenvalue weighted by Crippen LogP contribution is -2.30. The first-order chi connectivity index (χ1) is 18.5. The van der Waals surface area contributed by atoms with Crippen LogP contribution in [-0.2, 0) is 34.0 Å². The Kier molecular flexibility index (Phi) is 10.5. The summed E-state index contributed by atoms with van der Waals surface area (Å²) in [6.07, 6.45) is 3.34. The minimum atomic E-state index is -3.34. The first-order valence-corrected chi connectivity index (χ1v) is 16.0. The van der Waals surface area contributed by atoms with E-state index in [0.29, 0.717) is 44.9 Å². The maximum Gasteiger partial charge on any atom is 0.250 e. The fourth-order valence-electron chi connectivity index (χ4n) is 4.18. The molecule has 0 aliphatic rings. The molecule has 8 nitrogen and oxygen atoms in total. The maximum absolute atomic E-state index is 13.7. The summed E-state index contributed by atoms with van der Waals surface area (Å²) in [4.78, 5) is 26.4. The van der Waals surface area contributed by atoms with Gasteiger partial charge < -0.3 is 13.9 Å². The highest BCUT2D eigenvalue weighted by atomic mass is 32.2. The lowest BCUT2D eigenvalue weighted by atomic mass is 9.89. The number of sulfone groups is 1. The van der Waals surface area contributed by atoms with Crippen molar-refractivity contribution in [3.05, 3.63) is 87.3 Å². The van der Waals surface area contributed by atoms with Gasteiger partial charge in [-0.25, -0.2) is 8.42 Å². The number of unbranched alkanes of at least 4 members (excludes halogenated alkanes) is 1. The van der Waals surface area contributed by atoms with Gasteiger partial charge in [-0.15, -0.1) is 4.72 Å². The van der Waals surface area contributed by atoms with E-state index in [1.54, 1.807) is 69.7 Å². The lowest BCUT2D eigenvalue weighted by Gasteiger charge is -2.21. The van der Waals surface area contributed by atoms with Gasteiger partial charge in [-0.05, 0) is 60.4 Å². The highest BCUT2D eigenvalue weighted by Gasteiger charge is 2.24. The molecule has 2 aromatic carbocycles. The van der Waals surface area contributed by atoms with Crippen molar-refractivity contribution in [2.45, 2.75) is 45.4 Å². The number of aryl methyl sites for hydroxylation is 1. The fourth-order valence-corrected chi connectivity index (χ4v) is 6.26. The van der Waals surface area contributed by atoms with E-state index in [1.807, 2.05) is 13.8 Å². The number of nitrogens with zero attached hydrogens (tertiary/aromatic N) is 1. The third kappa shape index (κ3) is 7.82. The monoisotopic (exact) mass is 572 g/mol. The Balaban J connectivity index is 2.20. The number of carbonyl (C=O) groups excluding carboxylic acids is 1. The van der Waals surface area contributed by atoms with Crippen LogP contribution in [0.1, 0.15) is 66.7 Å². The Morgan fingerprint density at radius 1 is 1.10 bits per heavy atom. The van der Waals surface area contributed by atoms with E-state index in [4.69, 9.17) is 4.74 Å². The maximum atomic E-state index is 13.7. The second kappa shape index (κ2) is 13.4. The van der Waals surface area contributed by atoms with Crippen LogP contribution in [0.25, 0.3) is 11.1 Å². The van der Waals surface area contributed by atoms with Crippen molar-refractivity contribution in [1.29, 1.82) is 0 Å². The summed E-state index contributed by atoms with van der Waals surface area (Å²) in [7, 11) is -0.177. The molecule has 0 spiro atoms. The summed E-state index contributed by atoms with van der Waals surface area (Å²) in [6, 6.07) is 12.7. The minimum absolute atomic E-state index is 0.00944. The third-order valence-corrected chi connectivity index (χ3v) is 9.44. The number of pyridine rings is 1. The third-order valence-electron chi connectivity index (χ3n) is 6.52. The summed E-state index contributed by atoms with van der Waals surface area (Å²) in [5.74, 6) is 0.647. The standard InChI is InChI=1S/C29H36N2O6S2/c1-6-8-15-38(34)30-20(3)25-17-28(32)31(4)18-27(25)26-16-21(19-39(35,36)7-2)9-14-24(26)29(33)22-10-12-23(37-5)13-11-22/h9-14,16-18,20,30H,6-8,15,19H2,1-5H3/t20-,38?/m0/s1. The molecule has 39 heavy (non-hydrogen) atoms. The number of carbonyl (C=O) groups is 1. The average Bonchev–Trinajstić information content (AvgIpc) is 2.92. The number of nitrogens with one attached hydrogen (secondary N) is 1. The first kappa shape index (κ1) is 30.6. The summed E-state index contributed by atoms with van der Waals surface area (Å²) in [6.45, 7) is 5.43. The molecule has 3 aromatic rings. The number of aromatic nitrogens is 1. The van der Waals surface area contributed by atoms with Crippen LogP contribution < -0.4 is 15.0 Å². The van der Waals surface area contributed by atoms with Gasteiger partial charge in [0, 0.05) is 53.1 Å². The molecule has 0 radical (unpaired) electrons. The number of hydrogen-bond acceptors (Lipinski definition) is 7. The molecule has 1 aromatic heterocycles. The van der Waals surface area contributed by atoms with Crippen molar-refractivity contribution in [2.24, 2.45) is 7.05 Å². The van der Waals surface area contributed by atoms with Crippen LogP contribution in [0, 0.1) is 0 Å². The van der Waals surface area contributed by atoms with Crippen molar-refractivity contribution < 1.29 is 22.5 Å². The summed E-state index contributed by atoms with van der Waals surface area (Å²) in [5.41, 5.74) is 2.72. The second-order valence-electron chi connectivity index (χ2n) is 9.45. The van der Waals surface area contributed by atoms with E-state index in [1.165, 1.54) is 10.6 Å². The number of hydrogen-bond donors (Lipinski definition) is 1. The predicted octanol–water partition coefficient (Wildman–Crippen LogP) is 4.34. The van der Waals surface area contributed by atoms with Crippen LogP contribution in [-0.4, -0.2) is 41.9 Å². The molecule has 0 fully saturated rings. The van der Waals surface area contributed by atoms with Crippen LogP contribution in [0.3, 0.4) is 0 Å². The summed E-state index contributed by atoms with van der Waals surface area (Å²) >= 11 is -1.31. The predicted molar refractivity (Wildman–Crippen MR) is 156 cm³/mol. The molecule has 0 bridgehead atoms. The van der Waals surface area contributed by atoms with E-state index in [2.05, 4.69) is 4.72 Å². The molecule has 0 saturated carbocycles. The van der Waals surface area contributed by atoms with Gasteiger partial charge in [0.15, 0.2) is 15.6 Å². The van der Waals surface area contributed by atoms with Crippen LogP contribution >= 0.6 is 0 Å². The number of rotatable bonds is 13. The molecule has 0 saturated heterocycles. The zero-order chi connectivity index (χ0) is 28.7. The first-order valence-electron chi connectivity index (χ1n) is 12.9. The van der Waals surface area contributed by atoms with E-state index in [0.717, 1.165) is 12.8 Å². The van der Waals surface area contributed by atoms with E-state index < -0.39 is 27.2 Å². The molecule has 1 N–H and O–H groups in total. The molecule has 0 amide bonds. The highest BCUT2D eigenvalue weighted by molar-refractivity contribution is 7.90. The molecule has 210 valence electrons. The van der Waals surface area contributed by atoms with Gasteiger partial charge in [-0.2, -0.15) is 0 Å². The number of ether oxygens (including phenoxy) is 1. The van der Waals surface area contributed by atoms with Crippen LogP contribution in [0.15, 0.2) is 59.5 Å². The molecule has 10 heteroatoms. The molecule has 3 rings (SSSR count). The molecular weight excluding hydrogens is 536 g/mol. The van der Waals surface area contributed by atoms with Crippen molar-refractivity contribution in [3.63, 3.8) is 0 Å². The molecule has 0 aliphatic carbocycles. The number of ketones is 1. The van der Waals surface area contributed by atoms with Gasteiger partial charge in [0.25, 0.3) is 5.56 Å². The van der Waals surface area contributed by atoms with E-state index in [9.17, 15) is 22.6 Å². The molecule has 1 heterocycles. The van der Waals surface area contributed by atoms with Crippen LogP contribution in [0.4, 0.5) is 0 Å². The zero-order valence-electron chi connectivity index (χ0n) is 23.0. The highest BCUT2D eigenvalue weighted by Crippen LogP contribution is 2.33. The topological polar surface area (TPSA) is 118 Å². The number of benzene rings is 2. The van der Waals surface area contributed by atoms with Gasteiger partial charge in [0.2, 0.25) is 0 Å². The van der Waals surface area contributed by atoms with Gasteiger partial charge in [0.1, 0.15) is 11.5 Å². The van der Waals surface area contributed by atoms with Gasteiger partial charge >= 0.3 is 0 Å². The Hall–Kier alpha value is -2.92. The van der Waals surface area contributed by atoms with Crippen molar-refractivity contribution in [1.82, 2.24) is 9.29 Å². The Labute approximate surface area is 233 Å². The lowest BCUT2D eigenvalue weighted by molar-refractivity contribution is 0.103. The van der Waals surface area contributed by atoms with Crippen molar-refractivity contribution >= 4 is 27.0 Å². The van der Waals surface area contributed by atoms with Gasteiger partial charge in [-0.1, -0.05) is 32.4 Å². The molecule has 2 atom stereocenters. The van der Waals surface area contributed by atoms with Crippen molar-refractivity contribution in [3.8, 4) is 16.9 Å². The quantitative estimate of drug-likeness (QED) is 0.239. The Bertz CT molecular complexity index is 1470.